The van der Waals surface area contributed by atoms with Gasteiger partial charge in [0.05, 0.1) is 11.0 Å². The molecule has 0 N–H and O–H groups in total. The van der Waals surface area contributed by atoms with Gasteiger partial charge in [0.15, 0.2) is 0 Å². The van der Waals surface area contributed by atoms with E-state index in [-0.39, 0.29) is 0 Å². The fourth-order valence-corrected chi connectivity index (χ4v) is 2.40. The first kappa shape index (κ1) is 13.0. The Morgan fingerprint density at radius 3 is 2.59 bits per heavy atom. The zero-order valence-electron chi connectivity index (χ0n) is 9.66. The number of aromatic nitrogens is 4. The van der Waals surface area contributed by atoms with E-state index in [0.717, 1.165) is 33.1 Å². The van der Waals surface area contributed by atoms with E-state index in [2.05, 4.69) is 54.0 Å². The van der Waals surface area contributed by atoms with Gasteiger partial charge in [0, 0.05) is 6.20 Å². The Hall–Kier alpha value is -0.490. The Morgan fingerprint density at radius 1 is 1.12 bits per heavy atom. The van der Waals surface area contributed by atoms with E-state index in [4.69, 9.17) is 0 Å². The maximum absolute atomic E-state index is 4.46. The normalized spacial score (nSPS) is 11.2. The molecule has 4 nitrogen and oxygen atoms in total. The number of halogens is 2. The minimum atomic E-state index is 0.746. The summed E-state index contributed by atoms with van der Waals surface area (Å²) >= 11 is 6.83. The van der Waals surface area contributed by atoms with Gasteiger partial charge in [-0.15, -0.1) is 0 Å². The summed E-state index contributed by atoms with van der Waals surface area (Å²) in [6, 6.07) is 0. The highest BCUT2D eigenvalue weighted by atomic mass is 79.9. The van der Waals surface area contributed by atoms with E-state index in [9.17, 15) is 0 Å². The Morgan fingerprint density at radius 2 is 1.88 bits per heavy atom. The molecule has 0 fully saturated rings. The van der Waals surface area contributed by atoms with E-state index in [1.165, 1.54) is 19.3 Å². The molecule has 0 aliphatic rings. The zero-order valence-corrected chi connectivity index (χ0v) is 12.8. The van der Waals surface area contributed by atoms with Crippen LogP contribution < -0.4 is 0 Å². The smallest absolute Gasteiger partial charge is 0.147 e. The van der Waals surface area contributed by atoms with Gasteiger partial charge >= 0.3 is 0 Å². The minimum absolute atomic E-state index is 0.746. The lowest BCUT2D eigenvalue weighted by atomic mass is 10.2. The van der Waals surface area contributed by atoms with Crippen LogP contribution in [0.25, 0.3) is 11.0 Å². The first-order valence-corrected chi connectivity index (χ1v) is 7.35. The average molecular weight is 362 g/mol. The fraction of sp³-hybridized carbons (Fsp3) is 0.545. The molecule has 0 bridgehead atoms. The van der Waals surface area contributed by atoms with Crippen LogP contribution in [-0.4, -0.2) is 20.0 Å². The summed E-state index contributed by atoms with van der Waals surface area (Å²) in [5, 5.41) is 8.90. The van der Waals surface area contributed by atoms with Crippen molar-refractivity contribution in [3.63, 3.8) is 0 Å². The number of hydrogen-bond acceptors (Lipinski definition) is 3. The van der Waals surface area contributed by atoms with Gasteiger partial charge < -0.3 is 0 Å². The SMILES string of the molecule is CCCCCCn1nc2c(Br)cnc(Br)c2n1. The average Bonchev–Trinajstić information content (AvgIpc) is 2.75. The number of nitrogens with zero attached hydrogens (tertiary/aromatic N) is 4. The molecule has 2 aromatic heterocycles. The second kappa shape index (κ2) is 5.91. The van der Waals surface area contributed by atoms with E-state index >= 15 is 0 Å². The van der Waals surface area contributed by atoms with Crippen molar-refractivity contribution in [1.82, 2.24) is 20.0 Å². The summed E-state index contributed by atoms with van der Waals surface area (Å²) in [7, 11) is 0. The highest BCUT2D eigenvalue weighted by molar-refractivity contribution is 9.11. The number of aryl methyl sites for hydroxylation is 1. The van der Waals surface area contributed by atoms with E-state index in [0.29, 0.717) is 0 Å². The van der Waals surface area contributed by atoms with E-state index in [1.807, 2.05) is 0 Å². The highest BCUT2D eigenvalue weighted by Gasteiger charge is 2.10. The van der Waals surface area contributed by atoms with Crippen molar-refractivity contribution in [3.05, 3.63) is 15.3 Å². The van der Waals surface area contributed by atoms with E-state index in [1.54, 1.807) is 11.0 Å². The third-order valence-electron chi connectivity index (χ3n) is 2.58. The summed E-state index contributed by atoms with van der Waals surface area (Å²) < 4.78 is 1.63. The molecule has 2 aromatic rings. The van der Waals surface area contributed by atoms with Crippen molar-refractivity contribution in [2.24, 2.45) is 0 Å². The van der Waals surface area contributed by atoms with E-state index < -0.39 is 0 Å². The van der Waals surface area contributed by atoms with Crippen molar-refractivity contribution in [3.8, 4) is 0 Å². The fourth-order valence-electron chi connectivity index (χ4n) is 1.66. The van der Waals surface area contributed by atoms with Gasteiger partial charge in [-0.1, -0.05) is 26.2 Å². The van der Waals surface area contributed by atoms with Crippen molar-refractivity contribution in [1.29, 1.82) is 0 Å². The van der Waals surface area contributed by atoms with Gasteiger partial charge in [-0.05, 0) is 38.3 Å². The largest absolute Gasteiger partial charge is 0.246 e. The standard InChI is InChI=1S/C11H14Br2N4/c1-2-3-4-5-6-17-15-9-8(12)7-14-11(13)10(9)16-17/h7H,2-6H2,1H3. The molecule has 0 saturated carbocycles. The molecule has 0 aliphatic heterocycles. The molecular weight excluding hydrogens is 348 g/mol. The predicted octanol–water partition coefficient (Wildman–Crippen LogP) is 3.93. The molecule has 0 spiro atoms. The van der Waals surface area contributed by atoms with Crippen molar-refractivity contribution >= 4 is 42.9 Å². The molecular formula is C11H14Br2N4. The Bertz CT molecular complexity index is 470. The molecule has 6 heteroatoms. The molecule has 2 rings (SSSR count). The lowest BCUT2D eigenvalue weighted by molar-refractivity contribution is 0.495. The molecule has 0 radical (unpaired) electrons. The summed E-state index contributed by atoms with van der Waals surface area (Å²) in [5.41, 5.74) is 1.68. The van der Waals surface area contributed by atoms with Crippen molar-refractivity contribution in [2.75, 3.05) is 0 Å². The van der Waals surface area contributed by atoms with Crippen molar-refractivity contribution in [2.45, 2.75) is 39.2 Å². The number of fused-ring (bicyclic) bond motifs is 1. The summed E-state index contributed by atoms with van der Waals surface area (Å²) in [4.78, 5) is 5.95. The number of rotatable bonds is 5. The van der Waals surface area contributed by atoms with Gasteiger partial charge in [0.2, 0.25) is 0 Å². The van der Waals surface area contributed by atoms with Gasteiger partial charge in [0.1, 0.15) is 15.6 Å². The predicted molar refractivity (Wildman–Crippen MR) is 74.9 cm³/mol. The third-order valence-corrected chi connectivity index (χ3v) is 3.74. The zero-order chi connectivity index (χ0) is 12.3. The molecule has 0 saturated heterocycles. The number of hydrogen-bond donors (Lipinski definition) is 0. The molecule has 17 heavy (non-hydrogen) atoms. The van der Waals surface area contributed by atoms with Gasteiger partial charge in [-0.2, -0.15) is 15.0 Å². The molecule has 92 valence electrons. The highest BCUT2D eigenvalue weighted by Crippen LogP contribution is 2.24. The topological polar surface area (TPSA) is 43.6 Å². The Balaban J connectivity index is 2.14. The molecule has 0 aliphatic carbocycles. The van der Waals surface area contributed by atoms with Crippen LogP contribution in [0, 0.1) is 0 Å². The monoisotopic (exact) mass is 360 g/mol. The van der Waals surface area contributed by atoms with Crippen LogP contribution >= 0.6 is 31.9 Å². The first-order valence-electron chi connectivity index (χ1n) is 5.77. The first-order chi connectivity index (χ1) is 8.22. The summed E-state index contributed by atoms with van der Waals surface area (Å²) in [6.07, 6.45) is 6.61. The van der Waals surface area contributed by atoms with Crippen LogP contribution in [0.2, 0.25) is 0 Å². The van der Waals surface area contributed by atoms with Gasteiger partial charge in [-0.3, -0.25) is 0 Å². The van der Waals surface area contributed by atoms with Crippen LogP contribution in [0.5, 0.6) is 0 Å². The molecule has 0 amide bonds. The second-order valence-corrected chi connectivity index (χ2v) is 5.56. The number of unbranched alkanes of at least 4 members (excludes halogenated alkanes) is 3. The lowest BCUT2D eigenvalue weighted by Gasteiger charge is -1.98. The molecule has 0 atom stereocenters. The molecule has 0 aromatic carbocycles. The van der Waals surface area contributed by atoms with Crippen LogP contribution in [0.3, 0.4) is 0 Å². The minimum Gasteiger partial charge on any atom is -0.246 e. The lowest BCUT2D eigenvalue weighted by Crippen LogP contribution is -2.01. The quantitative estimate of drug-likeness (QED) is 0.598. The summed E-state index contributed by atoms with van der Waals surface area (Å²) in [6.45, 7) is 3.08. The van der Waals surface area contributed by atoms with Gasteiger partial charge in [0.25, 0.3) is 0 Å². The second-order valence-electron chi connectivity index (χ2n) is 3.95. The van der Waals surface area contributed by atoms with Crippen LogP contribution in [-0.2, 0) is 6.54 Å². The Labute approximate surface area is 117 Å². The maximum atomic E-state index is 4.46. The van der Waals surface area contributed by atoms with Gasteiger partial charge in [-0.25, -0.2) is 4.98 Å². The van der Waals surface area contributed by atoms with Crippen LogP contribution in [0.15, 0.2) is 15.3 Å². The van der Waals surface area contributed by atoms with Crippen LogP contribution in [0.4, 0.5) is 0 Å². The van der Waals surface area contributed by atoms with Crippen LogP contribution in [0.1, 0.15) is 32.6 Å². The Kier molecular flexibility index (Phi) is 4.50. The van der Waals surface area contributed by atoms with Crippen molar-refractivity contribution < 1.29 is 0 Å². The number of pyridine rings is 1. The summed E-state index contributed by atoms with van der Waals surface area (Å²) in [5.74, 6) is 0. The maximum Gasteiger partial charge on any atom is 0.147 e. The molecule has 0 unspecified atom stereocenters. The molecule has 2 heterocycles. The third kappa shape index (κ3) is 3.04.